The molecular formula is C16H20N4O. The number of nitrogens with two attached hydrogens (primary N) is 1. The van der Waals surface area contributed by atoms with E-state index in [0.29, 0.717) is 17.8 Å². The van der Waals surface area contributed by atoms with Crippen LogP contribution in [0.2, 0.25) is 0 Å². The van der Waals surface area contributed by atoms with E-state index in [9.17, 15) is 4.79 Å². The fourth-order valence-electron chi connectivity index (χ4n) is 2.00. The molecule has 0 aliphatic carbocycles. The van der Waals surface area contributed by atoms with Crippen LogP contribution in [0.1, 0.15) is 22.8 Å². The van der Waals surface area contributed by atoms with Gasteiger partial charge in [0.1, 0.15) is 0 Å². The number of nitrogens with one attached hydrogen (secondary N) is 2. The van der Waals surface area contributed by atoms with Gasteiger partial charge in [0.25, 0.3) is 5.91 Å². The first-order valence-corrected chi connectivity index (χ1v) is 7.01. The number of carbonyl (C=O) groups excluding carboxylic acids is 1. The number of hydrogen-bond donors (Lipinski definition) is 3. The molecular weight excluding hydrogens is 264 g/mol. The van der Waals surface area contributed by atoms with Crippen molar-refractivity contribution >= 4 is 17.3 Å². The van der Waals surface area contributed by atoms with E-state index < -0.39 is 0 Å². The van der Waals surface area contributed by atoms with Crippen molar-refractivity contribution < 1.29 is 4.79 Å². The van der Waals surface area contributed by atoms with E-state index in [1.165, 1.54) is 5.56 Å². The normalized spacial score (nSPS) is 10.1. The van der Waals surface area contributed by atoms with Gasteiger partial charge in [-0.05, 0) is 49.2 Å². The van der Waals surface area contributed by atoms with Gasteiger partial charge in [-0.1, -0.05) is 0 Å². The van der Waals surface area contributed by atoms with Crippen molar-refractivity contribution in [3.8, 4) is 0 Å². The highest BCUT2D eigenvalue weighted by molar-refractivity contribution is 5.96. The third kappa shape index (κ3) is 4.21. The molecule has 1 aromatic carbocycles. The molecule has 0 saturated heterocycles. The molecule has 0 unspecified atom stereocenters. The van der Waals surface area contributed by atoms with Gasteiger partial charge in [-0.15, -0.1) is 0 Å². The van der Waals surface area contributed by atoms with Crippen molar-refractivity contribution in [2.45, 2.75) is 13.3 Å². The number of aromatic nitrogens is 1. The Morgan fingerprint density at radius 3 is 2.71 bits per heavy atom. The first-order valence-electron chi connectivity index (χ1n) is 7.01. The van der Waals surface area contributed by atoms with Crippen molar-refractivity contribution in [3.63, 3.8) is 0 Å². The van der Waals surface area contributed by atoms with Crippen LogP contribution in [0.3, 0.4) is 0 Å². The second-order valence-electron chi connectivity index (χ2n) is 4.69. The highest BCUT2D eigenvalue weighted by atomic mass is 16.1. The standard InChI is InChI=1S/C16H20N4O/c1-2-19-16(21)13-3-4-14(17)15(11-13)20-10-7-12-5-8-18-9-6-12/h3-6,8-9,11,20H,2,7,10,17H2,1H3,(H,19,21). The number of nitrogens with zero attached hydrogens (tertiary/aromatic N) is 1. The van der Waals surface area contributed by atoms with E-state index in [-0.39, 0.29) is 5.91 Å². The van der Waals surface area contributed by atoms with Gasteiger partial charge in [0.2, 0.25) is 0 Å². The summed E-state index contributed by atoms with van der Waals surface area (Å²) in [6.45, 7) is 3.24. The Hall–Kier alpha value is -2.56. The second kappa shape index (κ2) is 7.28. The van der Waals surface area contributed by atoms with Crippen molar-refractivity contribution in [1.82, 2.24) is 10.3 Å². The molecule has 0 aliphatic rings. The lowest BCUT2D eigenvalue weighted by atomic mass is 10.1. The van der Waals surface area contributed by atoms with Crippen LogP contribution in [0, 0.1) is 0 Å². The monoisotopic (exact) mass is 284 g/mol. The van der Waals surface area contributed by atoms with Gasteiger partial charge < -0.3 is 16.4 Å². The number of pyridine rings is 1. The van der Waals surface area contributed by atoms with Gasteiger partial charge in [0.15, 0.2) is 0 Å². The van der Waals surface area contributed by atoms with E-state index in [1.54, 1.807) is 30.6 Å². The van der Waals surface area contributed by atoms with Gasteiger partial charge in [0, 0.05) is 31.0 Å². The first-order chi connectivity index (χ1) is 10.2. The summed E-state index contributed by atoms with van der Waals surface area (Å²) in [4.78, 5) is 15.8. The summed E-state index contributed by atoms with van der Waals surface area (Å²) in [6.07, 6.45) is 4.42. The quantitative estimate of drug-likeness (QED) is 0.709. The fraction of sp³-hybridized carbons (Fsp3) is 0.250. The molecule has 0 saturated carbocycles. The topological polar surface area (TPSA) is 80.0 Å². The summed E-state index contributed by atoms with van der Waals surface area (Å²) in [5.41, 5.74) is 9.17. The van der Waals surface area contributed by atoms with Gasteiger partial charge >= 0.3 is 0 Å². The fourth-order valence-corrected chi connectivity index (χ4v) is 2.00. The molecule has 2 aromatic rings. The van der Waals surface area contributed by atoms with Gasteiger partial charge in [-0.3, -0.25) is 9.78 Å². The van der Waals surface area contributed by atoms with Crippen molar-refractivity contribution in [2.24, 2.45) is 0 Å². The van der Waals surface area contributed by atoms with Gasteiger partial charge in [0.05, 0.1) is 11.4 Å². The Morgan fingerprint density at radius 1 is 1.24 bits per heavy atom. The Bertz CT molecular complexity index is 598. The lowest BCUT2D eigenvalue weighted by Gasteiger charge is -2.11. The molecule has 0 bridgehead atoms. The van der Waals surface area contributed by atoms with Crippen LogP contribution in [0.15, 0.2) is 42.7 Å². The predicted octanol–water partition coefficient (Wildman–Crippen LogP) is 2.07. The molecule has 1 aromatic heterocycles. The highest BCUT2D eigenvalue weighted by Crippen LogP contribution is 2.20. The zero-order chi connectivity index (χ0) is 15.1. The molecule has 0 radical (unpaired) electrons. The summed E-state index contributed by atoms with van der Waals surface area (Å²) in [5, 5.41) is 6.05. The Morgan fingerprint density at radius 2 is 2.00 bits per heavy atom. The lowest BCUT2D eigenvalue weighted by molar-refractivity contribution is 0.0956. The number of carbonyl (C=O) groups is 1. The van der Waals surface area contributed by atoms with Crippen LogP contribution in [-0.4, -0.2) is 24.0 Å². The van der Waals surface area contributed by atoms with E-state index in [2.05, 4.69) is 15.6 Å². The summed E-state index contributed by atoms with van der Waals surface area (Å²) >= 11 is 0. The minimum atomic E-state index is -0.0883. The molecule has 0 spiro atoms. The maximum atomic E-state index is 11.8. The van der Waals surface area contributed by atoms with Gasteiger partial charge in [-0.2, -0.15) is 0 Å². The second-order valence-corrected chi connectivity index (χ2v) is 4.69. The first kappa shape index (κ1) is 14.8. The zero-order valence-corrected chi connectivity index (χ0v) is 12.1. The summed E-state index contributed by atoms with van der Waals surface area (Å²) in [5.74, 6) is -0.0883. The van der Waals surface area contributed by atoms with Crippen LogP contribution in [0.25, 0.3) is 0 Å². The van der Waals surface area contributed by atoms with Crippen molar-refractivity contribution in [2.75, 3.05) is 24.1 Å². The molecule has 5 heteroatoms. The molecule has 110 valence electrons. The van der Waals surface area contributed by atoms with E-state index >= 15 is 0 Å². The smallest absolute Gasteiger partial charge is 0.251 e. The third-order valence-electron chi connectivity index (χ3n) is 3.13. The molecule has 0 fully saturated rings. The summed E-state index contributed by atoms with van der Waals surface area (Å²) in [6, 6.07) is 9.23. The van der Waals surface area contributed by atoms with Gasteiger partial charge in [-0.25, -0.2) is 0 Å². The Balaban J connectivity index is 1.99. The van der Waals surface area contributed by atoms with Crippen LogP contribution in [0.5, 0.6) is 0 Å². The van der Waals surface area contributed by atoms with Crippen molar-refractivity contribution in [3.05, 3.63) is 53.9 Å². The maximum Gasteiger partial charge on any atom is 0.251 e. The van der Waals surface area contributed by atoms with Crippen LogP contribution < -0.4 is 16.4 Å². The van der Waals surface area contributed by atoms with Crippen LogP contribution in [-0.2, 0) is 6.42 Å². The minimum Gasteiger partial charge on any atom is -0.397 e. The minimum absolute atomic E-state index is 0.0883. The van der Waals surface area contributed by atoms with E-state index in [0.717, 1.165) is 18.7 Å². The highest BCUT2D eigenvalue weighted by Gasteiger charge is 2.07. The molecule has 0 atom stereocenters. The lowest BCUT2D eigenvalue weighted by Crippen LogP contribution is -2.22. The number of nitrogen functional groups attached to an aromatic ring is 1. The maximum absolute atomic E-state index is 11.8. The van der Waals surface area contributed by atoms with E-state index in [1.807, 2.05) is 19.1 Å². The SMILES string of the molecule is CCNC(=O)c1ccc(N)c(NCCc2ccncc2)c1. The number of anilines is 2. The summed E-state index contributed by atoms with van der Waals surface area (Å²) < 4.78 is 0. The largest absolute Gasteiger partial charge is 0.397 e. The van der Waals surface area contributed by atoms with Crippen LogP contribution >= 0.6 is 0 Å². The molecule has 21 heavy (non-hydrogen) atoms. The molecule has 1 amide bonds. The van der Waals surface area contributed by atoms with Crippen LogP contribution in [0.4, 0.5) is 11.4 Å². The average molecular weight is 284 g/mol. The summed E-state index contributed by atoms with van der Waals surface area (Å²) in [7, 11) is 0. The van der Waals surface area contributed by atoms with E-state index in [4.69, 9.17) is 5.73 Å². The molecule has 1 heterocycles. The third-order valence-corrected chi connectivity index (χ3v) is 3.13. The zero-order valence-electron chi connectivity index (χ0n) is 12.1. The Labute approximate surface area is 124 Å². The molecule has 0 aliphatic heterocycles. The predicted molar refractivity (Wildman–Crippen MR) is 85.3 cm³/mol. The number of rotatable bonds is 6. The Kier molecular flexibility index (Phi) is 5.15. The molecule has 2 rings (SSSR count). The van der Waals surface area contributed by atoms with Crippen molar-refractivity contribution in [1.29, 1.82) is 0 Å². The number of amides is 1. The molecule has 5 nitrogen and oxygen atoms in total. The number of hydrogen-bond acceptors (Lipinski definition) is 4. The number of benzene rings is 1. The molecule has 4 N–H and O–H groups in total. The average Bonchev–Trinajstić information content (AvgIpc) is 2.50.